The summed E-state index contributed by atoms with van der Waals surface area (Å²) >= 11 is 1.43. The van der Waals surface area contributed by atoms with Crippen LogP contribution >= 0.6 is 11.3 Å². The number of amides is 3. The molecule has 0 saturated carbocycles. The Bertz CT molecular complexity index is 815. The predicted molar refractivity (Wildman–Crippen MR) is 95.5 cm³/mol. The fraction of sp³-hybridized carbons (Fsp3) is 0.222. The van der Waals surface area contributed by atoms with E-state index in [1.807, 2.05) is 42.6 Å². The van der Waals surface area contributed by atoms with Crippen molar-refractivity contribution in [3.05, 3.63) is 51.7 Å². The Kier molecular flexibility index (Phi) is 4.82. The van der Waals surface area contributed by atoms with Crippen LogP contribution in [0.15, 0.2) is 35.7 Å². The molecule has 0 bridgehead atoms. The number of carbonyl (C=O) groups is 2. The van der Waals surface area contributed by atoms with Crippen molar-refractivity contribution in [2.45, 2.75) is 6.92 Å². The number of rotatable bonds is 3. The third-order valence-electron chi connectivity index (χ3n) is 3.56. The molecule has 3 rings (SSSR count). The quantitative estimate of drug-likeness (QED) is 0.844. The Morgan fingerprint density at radius 3 is 2.79 bits per heavy atom. The van der Waals surface area contributed by atoms with Crippen LogP contribution in [0, 0.1) is 18.8 Å². The maximum atomic E-state index is 11.9. The lowest BCUT2D eigenvalue weighted by atomic mass is 10.2. The van der Waals surface area contributed by atoms with Gasteiger partial charge in [-0.15, -0.1) is 11.3 Å². The van der Waals surface area contributed by atoms with Crippen LogP contribution in [-0.4, -0.2) is 31.6 Å². The van der Waals surface area contributed by atoms with E-state index in [1.165, 1.54) is 11.3 Å². The number of thiophene rings is 1. The van der Waals surface area contributed by atoms with Crippen molar-refractivity contribution in [1.82, 2.24) is 10.6 Å². The first-order valence-electron chi connectivity index (χ1n) is 7.61. The van der Waals surface area contributed by atoms with E-state index < -0.39 is 0 Å². The fourth-order valence-corrected chi connectivity index (χ4v) is 3.16. The number of nitrogens with one attached hydrogen (secondary N) is 2. The van der Waals surface area contributed by atoms with Gasteiger partial charge in [0, 0.05) is 24.3 Å². The summed E-state index contributed by atoms with van der Waals surface area (Å²) in [5, 5.41) is 7.50. The molecule has 1 fully saturated rings. The first kappa shape index (κ1) is 16.1. The first-order valence-corrected chi connectivity index (χ1v) is 8.49. The van der Waals surface area contributed by atoms with Gasteiger partial charge in [0.1, 0.15) is 0 Å². The summed E-state index contributed by atoms with van der Waals surface area (Å²) in [6.07, 6.45) is 0. The van der Waals surface area contributed by atoms with Crippen molar-refractivity contribution < 1.29 is 9.59 Å². The second kappa shape index (κ2) is 7.20. The van der Waals surface area contributed by atoms with Gasteiger partial charge in [0.2, 0.25) is 0 Å². The van der Waals surface area contributed by atoms with E-state index in [9.17, 15) is 9.59 Å². The molecule has 6 heteroatoms. The lowest BCUT2D eigenvalue weighted by molar-refractivity contribution is 0.0962. The lowest BCUT2D eigenvalue weighted by Gasteiger charge is -2.13. The molecule has 1 aromatic heterocycles. The molecule has 5 nitrogen and oxygen atoms in total. The molecule has 0 radical (unpaired) electrons. The molecule has 2 aromatic rings. The van der Waals surface area contributed by atoms with Gasteiger partial charge in [-0.25, -0.2) is 4.79 Å². The van der Waals surface area contributed by atoms with Crippen LogP contribution in [0.1, 0.15) is 20.8 Å². The number of nitrogens with zero attached hydrogens (tertiary/aromatic N) is 1. The number of anilines is 1. The standard InChI is InChI=1S/C18H17N3O2S/c1-13-11-16(24-12-13)17(22)19-8-2-3-14-4-6-15(7-5-14)21-10-9-20-18(21)23/h4-7,11-12H,8-10H2,1H3,(H,19,22)(H,20,23). The van der Waals surface area contributed by atoms with Crippen molar-refractivity contribution in [1.29, 1.82) is 0 Å². The van der Waals surface area contributed by atoms with Crippen LogP contribution in [-0.2, 0) is 0 Å². The molecule has 0 aliphatic carbocycles. The van der Waals surface area contributed by atoms with Crippen LogP contribution in [0.25, 0.3) is 0 Å². The Morgan fingerprint density at radius 1 is 1.38 bits per heavy atom. The molecule has 24 heavy (non-hydrogen) atoms. The van der Waals surface area contributed by atoms with Gasteiger partial charge in [-0.3, -0.25) is 9.69 Å². The van der Waals surface area contributed by atoms with E-state index in [-0.39, 0.29) is 11.9 Å². The second-order valence-corrected chi connectivity index (χ2v) is 6.31. The van der Waals surface area contributed by atoms with Crippen LogP contribution in [0.4, 0.5) is 10.5 Å². The summed E-state index contributed by atoms with van der Waals surface area (Å²) in [4.78, 5) is 25.9. The van der Waals surface area contributed by atoms with E-state index >= 15 is 0 Å². The SMILES string of the molecule is Cc1csc(C(=O)NCC#Cc2ccc(N3CCNC3=O)cc2)c1. The molecule has 0 atom stereocenters. The van der Waals surface area contributed by atoms with Crippen LogP contribution in [0.3, 0.4) is 0 Å². The number of urea groups is 1. The van der Waals surface area contributed by atoms with E-state index in [0.29, 0.717) is 24.5 Å². The summed E-state index contributed by atoms with van der Waals surface area (Å²) in [5.41, 5.74) is 2.79. The molecule has 1 aliphatic rings. The molecule has 1 saturated heterocycles. The molecule has 2 N–H and O–H groups in total. The minimum absolute atomic E-state index is 0.0691. The van der Waals surface area contributed by atoms with Crippen LogP contribution in [0.5, 0.6) is 0 Å². The average Bonchev–Trinajstić information content (AvgIpc) is 3.20. The average molecular weight is 339 g/mol. The zero-order valence-electron chi connectivity index (χ0n) is 13.3. The number of carbonyl (C=O) groups excluding carboxylic acids is 2. The summed E-state index contributed by atoms with van der Waals surface area (Å²) in [6, 6.07) is 9.29. The van der Waals surface area contributed by atoms with Crippen molar-refractivity contribution in [3.8, 4) is 11.8 Å². The van der Waals surface area contributed by atoms with Crippen molar-refractivity contribution in [3.63, 3.8) is 0 Å². The minimum Gasteiger partial charge on any atom is -0.340 e. The highest BCUT2D eigenvalue weighted by Gasteiger charge is 2.20. The van der Waals surface area contributed by atoms with Gasteiger partial charge in [0.15, 0.2) is 0 Å². The molecule has 122 valence electrons. The highest BCUT2D eigenvalue weighted by molar-refractivity contribution is 7.12. The highest BCUT2D eigenvalue weighted by atomic mass is 32.1. The minimum atomic E-state index is -0.0993. The number of hydrogen-bond donors (Lipinski definition) is 2. The van der Waals surface area contributed by atoms with Gasteiger partial charge in [-0.2, -0.15) is 0 Å². The predicted octanol–water partition coefficient (Wildman–Crippen LogP) is 2.37. The number of hydrogen-bond acceptors (Lipinski definition) is 3. The Hall–Kier alpha value is -2.78. The smallest absolute Gasteiger partial charge is 0.321 e. The van der Waals surface area contributed by atoms with Crippen LogP contribution in [0.2, 0.25) is 0 Å². The zero-order chi connectivity index (χ0) is 16.9. The Balaban J connectivity index is 1.54. The molecule has 0 unspecified atom stereocenters. The van der Waals surface area contributed by atoms with Gasteiger partial charge in [-0.1, -0.05) is 11.8 Å². The van der Waals surface area contributed by atoms with Gasteiger partial charge in [0.25, 0.3) is 5.91 Å². The molecule has 1 aliphatic heterocycles. The molecule has 2 heterocycles. The van der Waals surface area contributed by atoms with Gasteiger partial charge < -0.3 is 10.6 Å². The normalized spacial score (nSPS) is 13.2. The van der Waals surface area contributed by atoms with E-state index in [2.05, 4.69) is 22.5 Å². The number of benzene rings is 1. The topological polar surface area (TPSA) is 61.4 Å². The first-order chi connectivity index (χ1) is 11.6. The van der Waals surface area contributed by atoms with Gasteiger partial charge in [0.05, 0.1) is 11.4 Å². The van der Waals surface area contributed by atoms with Crippen molar-refractivity contribution in [2.75, 3.05) is 24.5 Å². The fourth-order valence-electron chi connectivity index (χ4n) is 2.35. The third kappa shape index (κ3) is 3.76. The maximum Gasteiger partial charge on any atom is 0.321 e. The summed E-state index contributed by atoms with van der Waals surface area (Å²) in [6.45, 7) is 3.61. The lowest BCUT2D eigenvalue weighted by Crippen LogP contribution is -2.27. The summed E-state index contributed by atoms with van der Waals surface area (Å²) < 4.78 is 0. The van der Waals surface area contributed by atoms with E-state index in [4.69, 9.17) is 0 Å². The molecule has 3 amide bonds. The molecular formula is C18H17N3O2S. The van der Waals surface area contributed by atoms with E-state index in [0.717, 1.165) is 16.8 Å². The summed E-state index contributed by atoms with van der Waals surface area (Å²) in [5.74, 6) is 5.84. The van der Waals surface area contributed by atoms with E-state index in [1.54, 1.807) is 4.90 Å². The highest BCUT2D eigenvalue weighted by Crippen LogP contribution is 2.16. The maximum absolute atomic E-state index is 11.9. The van der Waals surface area contributed by atoms with Gasteiger partial charge in [-0.05, 0) is 48.2 Å². The monoisotopic (exact) mass is 339 g/mol. The Labute approximate surface area is 144 Å². The summed E-state index contributed by atoms with van der Waals surface area (Å²) in [7, 11) is 0. The molecular weight excluding hydrogens is 322 g/mol. The second-order valence-electron chi connectivity index (χ2n) is 5.40. The third-order valence-corrected chi connectivity index (χ3v) is 4.61. The molecule has 0 spiro atoms. The van der Waals surface area contributed by atoms with Crippen molar-refractivity contribution in [2.24, 2.45) is 0 Å². The number of aryl methyl sites for hydroxylation is 1. The largest absolute Gasteiger partial charge is 0.340 e. The molecule has 1 aromatic carbocycles. The zero-order valence-corrected chi connectivity index (χ0v) is 14.1. The Morgan fingerprint density at radius 2 is 2.17 bits per heavy atom. The van der Waals surface area contributed by atoms with Crippen LogP contribution < -0.4 is 15.5 Å². The van der Waals surface area contributed by atoms with Crippen molar-refractivity contribution >= 4 is 29.0 Å². The van der Waals surface area contributed by atoms with Gasteiger partial charge >= 0.3 is 6.03 Å².